The predicted octanol–water partition coefficient (Wildman–Crippen LogP) is 3.52. The van der Waals surface area contributed by atoms with Gasteiger partial charge in [-0.3, -0.25) is 10.1 Å². The zero-order valence-corrected chi connectivity index (χ0v) is 13.3. The average molecular weight is 324 g/mol. The van der Waals surface area contributed by atoms with Crippen LogP contribution in [0.1, 0.15) is 39.8 Å². The number of anilines is 1. The van der Waals surface area contributed by atoms with Crippen LogP contribution in [0, 0.1) is 0 Å². The van der Waals surface area contributed by atoms with Crippen LogP contribution in [0.2, 0.25) is 0 Å². The highest BCUT2D eigenvalue weighted by atomic mass is 32.1. The van der Waals surface area contributed by atoms with Crippen LogP contribution in [-0.4, -0.2) is 20.7 Å². The summed E-state index contributed by atoms with van der Waals surface area (Å²) in [6.07, 6.45) is 4.28. The van der Waals surface area contributed by atoms with E-state index >= 15 is 0 Å². The van der Waals surface area contributed by atoms with Gasteiger partial charge in [0.1, 0.15) is 10.7 Å². The molecule has 1 aromatic carbocycles. The molecule has 0 aliphatic heterocycles. The molecule has 0 unspecified atom stereocenters. The number of benzene rings is 1. The first-order valence-electron chi connectivity index (χ1n) is 7.63. The summed E-state index contributed by atoms with van der Waals surface area (Å²) >= 11 is 1.48. The Kier molecular flexibility index (Phi) is 3.67. The third-order valence-electron chi connectivity index (χ3n) is 3.85. The van der Waals surface area contributed by atoms with E-state index in [4.69, 9.17) is 0 Å². The zero-order chi connectivity index (χ0) is 15.6. The Balaban J connectivity index is 1.48. The Morgan fingerprint density at radius 3 is 2.78 bits per heavy atom. The van der Waals surface area contributed by atoms with Crippen molar-refractivity contribution in [3.05, 3.63) is 64.9 Å². The molecule has 1 fully saturated rings. The van der Waals surface area contributed by atoms with Gasteiger partial charge in [0.05, 0.1) is 0 Å². The first kappa shape index (κ1) is 14.1. The second-order valence-corrected chi connectivity index (χ2v) is 6.69. The molecular formula is C17H16N4OS. The van der Waals surface area contributed by atoms with Crippen LogP contribution in [-0.2, 0) is 6.54 Å². The van der Waals surface area contributed by atoms with Crippen LogP contribution in [0.5, 0.6) is 0 Å². The number of rotatable bonds is 5. The van der Waals surface area contributed by atoms with Gasteiger partial charge >= 0.3 is 0 Å². The van der Waals surface area contributed by atoms with Gasteiger partial charge in [0.15, 0.2) is 0 Å². The van der Waals surface area contributed by atoms with Gasteiger partial charge in [-0.2, -0.15) is 0 Å². The lowest BCUT2D eigenvalue weighted by molar-refractivity contribution is 0.101. The molecule has 116 valence electrons. The highest BCUT2D eigenvalue weighted by Gasteiger charge is 2.27. The van der Waals surface area contributed by atoms with Crippen molar-refractivity contribution in [2.24, 2.45) is 0 Å². The highest BCUT2D eigenvalue weighted by molar-refractivity contribution is 7.15. The number of hydrogen-bond acceptors (Lipinski definition) is 4. The van der Waals surface area contributed by atoms with E-state index in [1.165, 1.54) is 24.2 Å². The molecule has 3 aromatic rings. The van der Waals surface area contributed by atoms with Crippen LogP contribution >= 0.6 is 11.3 Å². The smallest absolute Gasteiger partial charge is 0.274 e. The van der Waals surface area contributed by atoms with Gasteiger partial charge in [-0.25, -0.2) is 0 Å². The first-order valence-corrected chi connectivity index (χ1v) is 8.45. The Labute approximate surface area is 138 Å². The van der Waals surface area contributed by atoms with E-state index in [1.807, 2.05) is 53.2 Å². The highest BCUT2D eigenvalue weighted by Crippen LogP contribution is 2.42. The molecule has 6 heteroatoms. The maximum absolute atomic E-state index is 12.5. The van der Waals surface area contributed by atoms with Crippen molar-refractivity contribution in [1.29, 1.82) is 0 Å². The molecule has 0 atom stereocenters. The molecule has 1 aliphatic rings. The molecule has 1 saturated carbocycles. The normalized spacial score (nSPS) is 13.9. The number of hydrogen-bond donors (Lipinski definition) is 1. The molecular weight excluding hydrogens is 308 g/mol. The van der Waals surface area contributed by atoms with E-state index < -0.39 is 0 Å². The molecule has 2 aromatic heterocycles. The monoisotopic (exact) mass is 324 g/mol. The molecule has 0 radical (unpaired) electrons. The van der Waals surface area contributed by atoms with Crippen LogP contribution in [0.25, 0.3) is 0 Å². The number of carbonyl (C=O) groups excluding carboxylic acids is 1. The molecule has 2 heterocycles. The summed E-state index contributed by atoms with van der Waals surface area (Å²) in [6.45, 7) is 0.667. The lowest BCUT2D eigenvalue weighted by Crippen LogP contribution is -2.17. The van der Waals surface area contributed by atoms with E-state index in [9.17, 15) is 4.79 Å². The van der Waals surface area contributed by atoms with Crippen molar-refractivity contribution in [2.75, 3.05) is 5.32 Å². The summed E-state index contributed by atoms with van der Waals surface area (Å²) in [5, 5.41) is 12.7. The van der Waals surface area contributed by atoms with Gasteiger partial charge < -0.3 is 4.57 Å². The fourth-order valence-electron chi connectivity index (χ4n) is 2.48. The van der Waals surface area contributed by atoms with Gasteiger partial charge in [0.25, 0.3) is 5.91 Å². The second-order valence-electron chi connectivity index (χ2n) is 5.68. The van der Waals surface area contributed by atoms with Crippen molar-refractivity contribution in [3.8, 4) is 0 Å². The summed E-state index contributed by atoms with van der Waals surface area (Å²) in [6, 6.07) is 13.8. The standard InChI is InChI=1S/C17H16N4OS/c22-15(18-17-20-19-16(23-17)13-8-9-13)14-7-4-10-21(14)11-12-5-2-1-3-6-12/h1-7,10,13H,8-9,11H2,(H,18,20,22). The number of carbonyl (C=O) groups is 1. The quantitative estimate of drug-likeness (QED) is 0.781. The minimum absolute atomic E-state index is 0.149. The molecule has 0 bridgehead atoms. The van der Waals surface area contributed by atoms with E-state index in [1.54, 1.807) is 0 Å². The Morgan fingerprint density at radius 2 is 2.00 bits per heavy atom. The first-order chi connectivity index (χ1) is 11.3. The van der Waals surface area contributed by atoms with Crippen molar-refractivity contribution in [2.45, 2.75) is 25.3 Å². The van der Waals surface area contributed by atoms with Crippen LogP contribution in [0.15, 0.2) is 48.7 Å². The second kappa shape index (κ2) is 5.96. The third-order valence-corrected chi connectivity index (χ3v) is 4.85. The summed E-state index contributed by atoms with van der Waals surface area (Å²) < 4.78 is 1.94. The van der Waals surface area contributed by atoms with Crippen molar-refractivity contribution < 1.29 is 4.79 Å². The van der Waals surface area contributed by atoms with E-state index in [2.05, 4.69) is 15.5 Å². The molecule has 5 nitrogen and oxygen atoms in total. The maximum atomic E-state index is 12.5. The third kappa shape index (κ3) is 3.17. The Bertz CT molecular complexity index is 820. The summed E-state index contributed by atoms with van der Waals surface area (Å²) in [7, 11) is 0. The number of amides is 1. The summed E-state index contributed by atoms with van der Waals surface area (Å²) in [4.78, 5) is 12.5. The summed E-state index contributed by atoms with van der Waals surface area (Å²) in [5.41, 5.74) is 1.78. The minimum atomic E-state index is -0.149. The maximum Gasteiger partial charge on any atom is 0.274 e. The Hall–Kier alpha value is -2.47. The van der Waals surface area contributed by atoms with Crippen molar-refractivity contribution >= 4 is 22.4 Å². The largest absolute Gasteiger partial charge is 0.339 e. The zero-order valence-electron chi connectivity index (χ0n) is 12.5. The number of nitrogens with zero attached hydrogens (tertiary/aromatic N) is 3. The van der Waals surface area contributed by atoms with Gasteiger partial charge in [0.2, 0.25) is 5.13 Å². The topological polar surface area (TPSA) is 59.8 Å². The molecule has 0 saturated heterocycles. The average Bonchev–Trinajstić information content (AvgIpc) is 3.13. The lowest BCUT2D eigenvalue weighted by Gasteiger charge is -2.08. The van der Waals surface area contributed by atoms with Crippen molar-refractivity contribution in [1.82, 2.24) is 14.8 Å². The van der Waals surface area contributed by atoms with E-state index in [-0.39, 0.29) is 5.91 Å². The molecule has 0 spiro atoms. The van der Waals surface area contributed by atoms with E-state index in [0.29, 0.717) is 23.3 Å². The number of nitrogens with one attached hydrogen (secondary N) is 1. The predicted molar refractivity (Wildman–Crippen MR) is 89.8 cm³/mol. The fraction of sp³-hybridized carbons (Fsp3) is 0.235. The molecule has 23 heavy (non-hydrogen) atoms. The number of aromatic nitrogens is 3. The molecule has 1 aliphatic carbocycles. The van der Waals surface area contributed by atoms with Gasteiger partial charge in [0, 0.05) is 18.7 Å². The van der Waals surface area contributed by atoms with Crippen LogP contribution < -0.4 is 5.32 Å². The van der Waals surface area contributed by atoms with Crippen LogP contribution in [0.4, 0.5) is 5.13 Å². The van der Waals surface area contributed by atoms with Gasteiger partial charge in [-0.1, -0.05) is 41.7 Å². The molecule has 4 rings (SSSR count). The SMILES string of the molecule is O=C(Nc1nnc(C2CC2)s1)c1cccn1Cc1ccccc1. The molecule has 1 amide bonds. The summed E-state index contributed by atoms with van der Waals surface area (Å²) in [5.74, 6) is 0.407. The minimum Gasteiger partial charge on any atom is -0.339 e. The Morgan fingerprint density at radius 1 is 1.17 bits per heavy atom. The molecule has 1 N–H and O–H groups in total. The van der Waals surface area contributed by atoms with E-state index in [0.717, 1.165) is 10.6 Å². The van der Waals surface area contributed by atoms with Gasteiger partial charge in [-0.05, 0) is 30.5 Å². The lowest BCUT2D eigenvalue weighted by atomic mass is 10.2. The van der Waals surface area contributed by atoms with Gasteiger partial charge in [-0.15, -0.1) is 10.2 Å². The fourth-order valence-corrected chi connectivity index (χ4v) is 3.39. The van der Waals surface area contributed by atoms with Crippen molar-refractivity contribution in [3.63, 3.8) is 0 Å². The van der Waals surface area contributed by atoms with Crippen LogP contribution in [0.3, 0.4) is 0 Å².